The van der Waals surface area contributed by atoms with E-state index in [4.69, 9.17) is 0 Å². The van der Waals surface area contributed by atoms with Crippen LogP contribution in [0.3, 0.4) is 0 Å². The van der Waals surface area contributed by atoms with Gasteiger partial charge in [-0.1, -0.05) is 37.3 Å². The molecule has 1 rings (SSSR count). The fourth-order valence-corrected chi connectivity index (χ4v) is 1.97. The molecule has 0 aliphatic carbocycles. The molecule has 0 saturated carbocycles. The van der Waals surface area contributed by atoms with Crippen molar-refractivity contribution in [3.63, 3.8) is 0 Å². The Hall–Kier alpha value is -1.44. The highest BCUT2D eigenvalue weighted by Gasteiger charge is 2.24. The highest BCUT2D eigenvalue weighted by atomic mass is 16.1. The molecular weight excluding hydrogens is 200 g/mol. The Labute approximate surface area is 96.7 Å². The van der Waals surface area contributed by atoms with Crippen molar-refractivity contribution in [3.8, 4) is 0 Å². The maximum Gasteiger partial charge on any atom is 0.133 e. The molecule has 0 aromatic heterocycles. The van der Waals surface area contributed by atoms with E-state index in [1.165, 1.54) is 6.92 Å². The molecule has 0 amide bonds. The molecule has 0 aliphatic rings. The smallest absolute Gasteiger partial charge is 0.133 e. The van der Waals surface area contributed by atoms with Gasteiger partial charge in [-0.15, -0.1) is 0 Å². The molecule has 2 atom stereocenters. The summed E-state index contributed by atoms with van der Waals surface area (Å²) in [6.45, 7) is 5.10. The first-order chi connectivity index (χ1) is 7.52. The van der Waals surface area contributed by atoms with E-state index in [-0.39, 0.29) is 23.4 Å². The summed E-state index contributed by atoms with van der Waals surface area (Å²) in [5, 5.41) is 0. The Morgan fingerprint density at radius 3 is 2.12 bits per heavy atom. The van der Waals surface area contributed by atoms with Crippen molar-refractivity contribution >= 4 is 11.6 Å². The number of hydrogen-bond acceptors (Lipinski definition) is 2. The minimum absolute atomic E-state index is 0.0722. The number of rotatable bonds is 5. The number of ketones is 2. The topological polar surface area (TPSA) is 34.1 Å². The molecule has 0 radical (unpaired) electrons. The van der Waals surface area contributed by atoms with Crippen LogP contribution in [0.25, 0.3) is 0 Å². The Kier molecular flexibility index (Phi) is 4.41. The van der Waals surface area contributed by atoms with Crippen molar-refractivity contribution in [3.05, 3.63) is 35.9 Å². The van der Waals surface area contributed by atoms with Crippen LogP contribution in [0.15, 0.2) is 30.3 Å². The number of benzene rings is 1. The summed E-state index contributed by atoms with van der Waals surface area (Å²) in [7, 11) is 0. The summed E-state index contributed by atoms with van der Waals surface area (Å²) in [6.07, 6.45) is 0.339. The molecule has 2 unspecified atom stereocenters. The van der Waals surface area contributed by atoms with Gasteiger partial charge in [-0.05, 0) is 25.3 Å². The summed E-state index contributed by atoms with van der Waals surface area (Å²) in [6, 6.07) is 9.86. The molecule has 2 nitrogen and oxygen atoms in total. The molecule has 0 bridgehead atoms. The largest absolute Gasteiger partial charge is 0.300 e. The van der Waals surface area contributed by atoms with E-state index in [2.05, 4.69) is 0 Å². The van der Waals surface area contributed by atoms with Crippen molar-refractivity contribution in [1.82, 2.24) is 0 Å². The lowest BCUT2D eigenvalue weighted by molar-refractivity contribution is -0.126. The first-order valence-electron chi connectivity index (χ1n) is 5.57. The second-order valence-electron chi connectivity index (χ2n) is 4.32. The quantitative estimate of drug-likeness (QED) is 0.761. The summed E-state index contributed by atoms with van der Waals surface area (Å²) in [5.74, 6) is 0.0667. The standard InChI is InChI=1S/C14H18O2/c1-10(15)9-14(12(3)16)11(2)13-7-5-4-6-8-13/h4-8,11,14H,9H2,1-3H3. The van der Waals surface area contributed by atoms with Crippen LogP contribution in [0.5, 0.6) is 0 Å². The average Bonchev–Trinajstić information content (AvgIpc) is 2.25. The molecule has 0 spiro atoms. The van der Waals surface area contributed by atoms with Gasteiger partial charge in [0.25, 0.3) is 0 Å². The van der Waals surface area contributed by atoms with Crippen LogP contribution in [0.4, 0.5) is 0 Å². The van der Waals surface area contributed by atoms with E-state index in [1.54, 1.807) is 6.92 Å². The predicted molar refractivity (Wildman–Crippen MR) is 64.3 cm³/mol. The van der Waals surface area contributed by atoms with Crippen LogP contribution in [-0.2, 0) is 9.59 Å². The Bertz CT molecular complexity index is 368. The van der Waals surface area contributed by atoms with Gasteiger partial charge < -0.3 is 4.79 Å². The molecule has 0 saturated heterocycles. The number of carbonyl (C=O) groups excluding carboxylic acids is 2. The minimum Gasteiger partial charge on any atom is -0.300 e. The lowest BCUT2D eigenvalue weighted by atomic mass is 9.82. The van der Waals surface area contributed by atoms with Gasteiger partial charge in [-0.25, -0.2) is 0 Å². The second-order valence-corrected chi connectivity index (χ2v) is 4.32. The lowest BCUT2D eigenvalue weighted by Gasteiger charge is -2.20. The molecule has 86 valence electrons. The van der Waals surface area contributed by atoms with Gasteiger partial charge in [0.05, 0.1) is 0 Å². The second kappa shape index (κ2) is 5.59. The molecule has 0 fully saturated rings. The fraction of sp³-hybridized carbons (Fsp3) is 0.429. The third-order valence-corrected chi connectivity index (χ3v) is 2.96. The zero-order valence-corrected chi connectivity index (χ0v) is 10.1. The minimum atomic E-state index is -0.195. The Morgan fingerprint density at radius 1 is 1.12 bits per heavy atom. The Morgan fingerprint density at radius 2 is 1.69 bits per heavy atom. The van der Waals surface area contributed by atoms with E-state index in [1.807, 2.05) is 37.3 Å². The third kappa shape index (κ3) is 3.30. The first kappa shape index (κ1) is 12.6. The van der Waals surface area contributed by atoms with Crippen LogP contribution in [0.1, 0.15) is 38.7 Å². The van der Waals surface area contributed by atoms with Crippen molar-refractivity contribution in [2.45, 2.75) is 33.1 Å². The van der Waals surface area contributed by atoms with E-state index >= 15 is 0 Å². The number of Topliss-reactive ketones (excluding diaryl/α,β-unsaturated/α-hetero) is 2. The summed E-state index contributed by atoms with van der Waals surface area (Å²) >= 11 is 0. The molecule has 2 heteroatoms. The maximum absolute atomic E-state index is 11.5. The summed E-state index contributed by atoms with van der Waals surface area (Å²) < 4.78 is 0. The lowest BCUT2D eigenvalue weighted by Crippen LogP contribution is -2.20. The SMILES string of the molecule is CC(=O)CC(C(C)=O)C(C)c1ccccc1. The first-order valence-corrected chi connectivity index (χ1v) is 5.57. The van der Waals surface area contributed by atoms with E-state index in [0.717, 1.165) is 5.56 Å². The fourth-order valence-electron chi connectivity index (χ4n) is 1.97. The van der Waals surface area contributed by atoms with Gasteiger partial charge in [0.1, 0.15) is 11.6 Å². The summed E-state index contributed by atoms with van der Waals surface area (Å²) in [4.78, 5) is 22.7. The number of carbonyl (C=O) groups is 2. The van der Waals surface area contributed by atoms with Crippen LogP contribution in [0, 0.1) is 5.92 Å². The van der Waals surface area contributed by atoms with Gasteiger partial charge in [-0.2, -0.15) is 0 Å². The molecule has 0 N–H and O–H groups in total. The summed E-state index contributed by atoms with van der Waals surface area (Å²) in [5.41, 5.74) is 1.11. The molecule has 0 aliphatic heterocycles. The van der Waals surface area contributed by atoms with Gasteiger partial charge in [-0.3, -0.25) is 4.79 Å². The van der Waals surface area contributed by atoms with E-state index in [0.29, 0.717) is 6.42 Å². The van der Waals surface area contributed by atoms with Crippen LogP contribution in [-0.4, -0.2) is 11.6 Å². The zero-order chi connectivity index (χ0) is 12.1. The molecule has 1 aromatic carbocycles. The van der Waals surface area contributed by atoms with Gasteiger partial charge in [0.15, 0.2) is 0 Å². The average molecular weight is 218 g/mol. The number of hydrogen-bond donors (Lipinski definition) is 0. The van der Waals surface area contributed by atoms with Crippen molar-refractivity contribution in [2.75, 3.05) is 0 Å². The maximum atomic E-state index is 11.5. The van der Waals surface area contributed by atoms with Gasteiger partial charge >= 0.3 is 0 Å². The van der Waals surface area contributed by atoms with Crippen molar-refractivity contribution in [2.24, 2.45) is 5.92 Å². The van der Waals surface area contributed by atoms with Crippen LogP contribution < -0.4 is 0 Å². The zero-order valence-electron chi connectivity index (χ0n) is 10.1. The van der Waals surface area contributed by atoms with E-state index in [9.17, 15) is 9.59 Å². The molecule has 16 heavy (non-hydrogen) atoms. The normalized spacial score (nSPS) is 14.2. The predicted octanol–water partition coefficient (Wildman–Crippen LogP) is 2.97. The third-order valence-electron chi connectivity index (χ3n) is 2.96. The molecular formula is C14H18O2. The molecule has 0 heterocycles. The van der Waals surface area contributed by atoms with Gasteiger partial charge in [0, 0.05) is 12.3 Å². The highest BCUT2D eigenvalue weighted by Crippen LogP contribution is 2.27. The van der Waals surface area contributed by atoms with Crippen molar-refractivity contribution < 1.29 is 9.59 Å². The Balaban J connectivity index is 2.87. The van der Waals surface area contributed by atoms with Crippen molar-refractivity contribution in [1.29, 1.82) is 0 Å². The van der Waals surface area contributed by atoms with E-state index < -0.39 is 0 Å². The monoisotopic (exact) mass is 218 g/mol. The van der Waals surface area contributed by atoms with Gasteiger partial charge in [0.2, 0.25) is 0 Å². The highest BCUT2D eigenvalue weighted by molar-refractivity contribution is 5.86. The van der Waals surface area contributed by atoms with Crippen LogP contribution >= 0.6 is 0 Å². The van der Waals surface area contributed by atoms with Crippen LogP contribution in [0.2, 0.25) is 0 Å². The molecule has 1 aromatic rings.